The Morgan fingerprint density at radius 3 is 3.00 bits per heavy atom. The molecule has 0 atom stereocenters. The molecular weight excluding hydrogens is 258 g/mol. The number of guanidine groups is 1. The third-order valence-corrected chi connectivity index (χ3v) is 2.93. The summed E-state index contributed by atoms with van der Waals surface area (Å²) in [5.74, 6) is 0.349. The molecule has 3 N–H and O–H groups in total. The number of nitrogens with two attached hydrogens (primary N) is 1. The van der Waals surface area contributed by atoms with Crippen LogP contribution in [0.25, 0.3) is 0 Å². The lowest BCUT2D eigenvalue weighted by Crippen LogP contribution is -2.45. The number of hydrogen-bond donors (Lipinski definition) is 2. The van der Waals surface area contributed by atoms with Crippen LogP contribution >= 0.6 is 0 Å². The molecule has 108 valence electrons. The smallest absolute Gasteiger partial charge is 0.252 e. The maximum atomic E-state index is 11.7. The van der Waals surface area contributed by atoms with Gasteiger partial charge >= 0.3 is 0 Å². The predicted molar refractivity (Wildman–Crippen MR) is 75.5 cm³/mol. The zero-order valence-electron chi connectivity index (χ0n) is 11.3. The number of aliphatic imine (C=N–C) groups is 1. The molecule has 2 heterocycles. The molecule has 20 heavy (non-hydrogen) atoms. The van der Waals surface area contributed by atoms with Crippen molar-refractivity contribution in [1.82, 2.24) is 15.2 Å². The fourth-order valence-corrected chi connectivity index (χ4v) is 1.83. The molecule has 7 nitrogen and oxygen atoms in total. The van der Waals surface area contributed by atoms with Gasteiger partial charge in [0.05, 0.1) is 25.3 Å². The van der Waals surface area contributed by atoms with Crippen molar-refractivity contribution >= 4 is 11.9 Å². The molecular formula is C13H19N5O2. The first kappa shape index (κ1) is 14.3. The van der Waals surface area contributed by atoms with Crippen LogP contribution in [-0.2, 0) is 4.74 Å². The quantitative estimate of drug-likeness (QED) is 0.438. The lowest BCUT2D eigenvalue weighted by atomic mass is 10.3. The van der Waals surface area contributed by atoms with Gasteiger partial charge in [0.1, 0.15) is 0 Å². The van der Waals surface area contributed by atoms with E-state index in [4.69, 9.17) is 10.5 Å². The fraction of sp³-hybridized carbons (Fsp3) is 0.462. The lowest BCUT2D eigenvalue weighted by molar-refractivity contribution is 0.0674. The van der Waals surface area contributed by atoms with Gasteiger partial charge in [-0.05, 0) is 12.1 Å². The molecule has 0 unspecified atom stereocenters. The zero-order valence-corrected chi connectivity index (χ0v) is 11.3. The van der Waals surface area contributed by atoms with Crippen molar-refractivity contribution in [2.24, 2.45) is 10.7 Å². The first-order valence-corrected chi connectivity index (χ1v) is 6.58. The van der Waals surface area contributed by atoms with Crippen LogP contribution in [0.3, 0.4) is 0 Å². The van der Waals surface area contributed by atoms with Gasteiger partial charge in [0.2, 0.25) is 0 Å². The molecule has 1 aliphatic heterocycles. The Hall–Kier alpha value is -2.15. The number of pyridine rings is 1. The number of hydrogen-bond acceptors (Lipinski definition) is 4. The van der Waals surface area contributed by atoms with Crippen LogP contribution in [0.4, 0.5) is 0 Å². The van der Waals surface area contributed by atoms with E-state index in [-0.39, 0.29) is 5.91 Å². The van der Waals surface area contributed by atoms with Crippen molar-refractivity contribution in [2.75, 3.05) is 39.4 Å². The van der Waals surface area contributed by atoms with Crippen molar-refractivity contribution in [2.45, 2.75) is 0 Å². The Balaban J connectivity index is 1.71. The third kappa shape index (κ3) is 4.20. The summed E-state index contributed by atoms with van der Waals surface area (Å²) in [6, 6.07) is 3.44. The van der Waals surface area contributed by atoms with Gasteiger partial charge in [-0.1, -0.05) is 0 Å². The van der Waals surface area contributed by atoms with Crippen LogP contribution in [0.1, 0.15) is 10.4 Å². The Morgan fingerprint density at radius 1 is 1.50 bits per heavy atom. The topological polar surface area (TPSA) is 92.8 Å². The van der Waals surface area contributed by atoms with Crippen LogP contribution in [-0.4, -0.2) is 61.1 Å². The van der Waals surface area contributed by atoms with E-state index in [0.717, 1.165) is 13.1 Å². The maximum absolute atomic E-state index is 11.7. The molecule has 7 heteroatoms. The van der Waals surface area contributed by atoms with E-state index in [0.29, 0.717) is 37.8 Å². The summed E-state index contributed by atoms with van der Waals surface area (Å²) in [7, 11) is 0. The lowest BCUT2D eigenvalue weighted by Gasteiger charge is -2.27. The van der Waals surface area contributed by atoms with Crippen molar-refractivity contribution < 1.29 is 9.53 Å². The van der Waals surface area contributed by atoms with Crippen LogP contribution in [0.2, 0.25) is 0 Å². The molecule has 1 aromatic rings. The van der Waals surface area contributed by atoms with Crippen LogP contribution in [0, 0.1) is 0 Å². The number of morpholine rings is 1. The van der Waals surface area contributed by atoms with Crippen molar-refractivity contribution in [1.29, 1.82) is 0 Å². The minimum Gasteiger partial charge on any atom is -0.378 e. The molecule has 0 aliphatic carbocycles. The molecule has 1 aromatic heterocycles. The largest absolute Gasteiger partial charge is 0.378 e. The number of nitrogens with zero attached hydrogens (tertiary/aromatic N) is 3. The van der Waals surface area contributed by atoms with Gasteiger partial charge in [0.15, 0.2) is 5.96 Å². The molecule has 0 bridgehead atoms. The Kier molecular flexibility index (Phi) is 5.31. The van der Waals surface area contributed by atoms with E-state index >= 15 is 0 Å². The van der Waals surface area contributed by atoms with Crippen LogP contribution in [0.5, 0.6) is 0 Å². The van der Waals surface area contributed by atoms with Gasteiger partial charge < -0.3 is 20.7 Å². The van der Waals surface area contributed by atoms with E-state index in [1.807, 2.05) is 4.90 Å². The first-order chi connectivity index (χ1) is 9.77. The van der Waals surface area contributed by atoms with E-state index in [9.17, 15) is 4.79 Å². The van der Waals surface area contributed by atoms with Crippen molar-refractivity contribution in [3.8, 4) is 0 Å². The van der Waals surface area contributed by atoms with Gasteiger partial charge in [-0.3, -0.25) is 14.8 Å². The minimum atomic E-state index is -0.154. The van der Waals surface area contributed by atoms with Crippen LogP contribution < -0.4 is 11.1 Å². The second-order valence-electron chi connectivity index (χ2n) is 4.34. The Morgan fingerprint density at radius 2 is 2.30 bits per heavy atom. The Bertz CT molecular complexity index is 457. The molecule has 2 rings (SSSR count). The number of carbonyl (C=O) groups is 1. The monoisotopic (exact) mass is 277 g/mol. The van der Waals surface area contributed by atoms with E-state index < -0.39 is 0 Å². The number of nitrogens with one attached hydrogen (secondary N) is 1. The summed E-state index contributed by atoms with van der Waals surface area (Å²) in [6.07, 6.45) is 3.16. The molecule has 1 amide bonds. The van der Waals surface area contributed by atoms with E-state index in [2.05, 4.69) is 15.3 Å². The molecule has 1 aliphatic rings. The number of amides is 1. The molecule has 0 saturated carbocycles. The number of ether oxygens (including phenoxy) is 1. The highest BCUT2D eigenvalue weighted by molar-refractivity contribution is 5.93. The van der Waals surface area contributed by atoms with E-state index in [1.54, 1.807) is 18.3 Å². The van der Waals surface area contributed by atoms with Crippen LogP contribution in [0.15, 0.2) is 29.5 Å². The van der Waals surface area contributed by atoms with Gasteiger partial charge in [0, 0.05) is 32.0 Å². The third-order valence-electron chi connectivity index (χ3n) is 2.93. The van der Waals surface area contributed by atoms with Gasteiger partial charge in [-0.25, -0.2) is 0 Å². The minimum absolute atomic E-state index is 0.154. The standard InChI is InChI=1S/C13H19N5O2/c14-13(18-6-8-20-9-7-18)17-5-4-16-12(19)11-2-1-3-15-10-11/h1-3,10H,4-9H2,(H2,14,17)(H,16,19). The SMILES string of the molecule is NC(=NCCNC(=O)c1cccnc1)N1CCOCC1. The molecule has 1 saturated heterocycles. The summed E-state index contributed by atoms with van der Waals surface area (Å²) < 4.78 is 5.24. The second-order valence-corrected chi connectivity index (χ2v) is 4.34. The van der Waals surface area contributed by atoms with Crippen molar-refractivity contribution in [3.63, 3.8) is 0 Å². The summed E-state index contributed by atoms with van der Waals surface area (Å²) >= 11 is 0. The normalized spacial score (nSPS) is 16.0. The van der Waals surface area contributed by atoms with Gasteiger partial charge in [-0.15, -0.1) is 0 Å². The fourth-order valence-electron chi connectivity index (χ4n) is 1.83. The number of aromatic nitrogens is 1. The second kappa shape index (κ2) is 7.44. The highest BCUT2D eigenvalue weighted by Crippen LogP contribution is 1.96. The Labute approximate surface area is 117 Å². The van der Waals surface area contributed by atoms with Gasteiger partial charge in [-0.2, -0.15) is 0 Å². The summed E-state index contributed by atoms with van der Waals surface area (Å²) in [6.45, 7) is 3.77. The highest BCUT2D eigenvalue weighted by Gasteiger charge is 2.11. The molecule has 0 radical (unpaired) electrons. The highest BCUT2D eigenvalue weighted by atomic mass is 16.5. The first-order valence-electron chi connectivity index (χ1n) is 6.58. The average Bonchev–Trinajstić information content (AvgIpc) is 2.53. The number of rotatable bonds is 4. The van der Waals surface area contributed by atoms with E-state index in [1.165, 1.54) is 6.20 Å². The maximum Gasteiger partial charge on any atom is 0.252 e. The predicted octanol–water partition coefficient (Wildman–Crippen LogP) is -0.542. The van der Waals surface area contributed by atoms with Gasteiger partial charge in [0.25, 0.3) is 5.91 Å². The van der Waals surface area contributed by atoms with Crippen molar-refractivity contribution in [3.05, 3.63) is 30.1 Å². The summed E-state index contributed by atoms with van der Waals surface area (Å²) in [5, 5.41) is 2.77. The zero-order chi connectivity index (χ0) is 14.2. The molecule has 1 fully saturated rings. The summed E-state index contributed by atoms with van der Waals surface area (Å²) in [5.41, 5.74) is 6.41. The molecule has 0 spiro atoms. The number of carbonyl (C=O) groups excluding carboxylic acids is 1. The molecule has 0 aromatic carbocycles. The average molecular weight is 277 g/mol. The summed E-state index contributed by atoms with van der Waals surface area (Å²) in [4.78, 5) is 21.9.